The van der Waals surface area contributed by atoms with Crippen LogP contribution in [-0.4, -0.2) is 61.3 Å². The Kier molecular flexibility index (Phi) is 8.99. The molecular weight excluding hydrogens is 437 g/mol. The standard InChI is InChI=1S/C23H29Cl2N3O3/c1-26-23(30)19-4-2-3-5-22(19)31-15-18(29)14-28(17-8-10-27-11-9-17)13-16-6-7-20(24)21(25)12-16/h2-7,12,17-18,27,29H,8-11,13-15H2,1H3,(H,26,30). The Hall–Kier alpha value is -1.83. The molecule has 3 rings (SSSR count). The Balaban J connectivity index is 1.66. The van der Waals surface area contributed by atoms with Gasteiger partial charge >= 0.3 is 0 Å². The number of piperidine rings is 1. The molecule has 1 heterocycles. The van der Waals surface area contributed by atoms with Gasteiger partial charge in [-0.15, -0.1) is 0 Å². The average molecular weight is 466 g/mol. The number of aliphatic hydroxyl groups excluding tert-OH is 1. The third kappa shape index (κ3) is 6.82. The third-order valence-corrected chi connectivity index (χ3v) is 6.17. The highest BCUT2D eigenvalue weighted by Crippen LogP contribution is 2.25. The van der Waals surface area contributed by atoms with E-state index >= 15 is 0 Å². The minimum Gasteiger partial charge on any atom is -0.490 e. The molecule has 3 N–H and O–H groups in total. The average Bonchev–Trinajstić information content (AvgIpc) is 2.80. The molecule has 168 valence electrons. The van der Waals surface area contributed by atoms with Gasteiger partial charge in [0.2, 0.25) is 0 Å². The number of nitrogens with one attached hydrogen (secondary N) is 2. The molecule has 0 aromatic heterocycles. The molecular formula is C23H29Cl2N3O3. The van der Waals surface area contributed by atoms with E-state index in [4.69, 9.17) is 27.9 Å². The molecule has 1 amide bonds. The van der Waals surface area contributed by atoms with Gasteiger partial charge in [-0.05, 0) is 55.8 Å². The SMILES string of the molecule is CNC(=O)c1ccccc1OCC(O)CN(Cc1ccc(Cl)c(Cl)c1)C1CCNCC1. The number of hydrogen-bond acceptors (Lipinski definition) is 5. The highest BCUT2D eigenvalue weighted by Gasteiger charge is 2.24. The van der Waals surface area contributed by atoms with E-state index < -0.39 is 6.10 Å². The zero-order valence-corrected chi connectivity index (χ0v) is 19.1. The van der Waals surface area contributed by atoms with Gasteiger partial charge in [-0.1, -0.05) is 41.4 Å². The van der Waals surface area contributed by atoms with Crippen LogP contribution < -0.4 is 15.4 Å². The first-order valence-corrected chi connectivity index (χ1v) is 11.2. The molecule has 2 aromatic carbocycles. The van der Waals surface area contributed by atoms with Crippen molar-refractivity contribution in [2.75, 3.05) is 33.3 Å². The van der Waals surface area contributed by atoms with Crippen LogP contribution in [0.1, 0.15) is 28.8 Å². The Morgan fingerprint density at radius 1 is 1.23 bits per heavy atom. The van der Waals surface area contributed by atoms with Crippen molar-refractivity contribution < 1.29 is 14.6 Å². The Bertz CT molecular complexity index is 875. The predicted octanol–water partition coefficient (Wildman–Crippen LogP) is 3.35. The summed E-state index contributed by atoms with van der Waals surface area (Å²) in [5, 5.41) is 17.8. The maximum atomic E-state index is 12.0. The fraction of sp³-hybridized carbons (Fsp3) is 0.435. The van der Waals surface area contributed by atoms with Crippen LogP contribution in [0.5, 0.6) is 5.75 Å². The molecule has 0 spiro atoms. The number of para-hydroxylation sites is 1. The molecule has 0 bridgehead atoms. The van der Waals surface area contributed by atoms with Crippen molar-refractivity contribution in [3.05, 3.63) is 63.6 Å². The van der Waals surface area contributed by atoms with E-state index in [1.807, 2.05) is 12.1 Å². The lowest BCUT2D eigenvalue weighted by molar-refractivity contribution is 0.0411. The first-order valence-electron chi connectivity index (χ1n) is 10.5. The van der Waals surface area contributed by atoms with Crippen LogP contribution >= 0.6 is 23.2 Å². The number of carbonyl (C=O) groups is 1. The van der Waals surface area contributed by atoms with Gasteiger partial charge in [-0.25, -0.2) is 0 Å². The predicted molar refractivity (Wildman–Crippen MR) is 124 cm³/mol. The molecule has 1 aliphatic rings. The second-order valence-corrected chi connectivity index (χ2v) is 8.51. The van der Waals surface area contributed by atoms with E-state index in [2.05, 4.69) is 15.5 Å². The summed E-state index contributed by atoms with van der Waals surface area (Å²) in [5.41, 5.74) is 1.49. The van der Waals surface area contributed by atoms with Crippen molar-refractivity contribution in [1.29, 1.82) is 0 Å². The molecule has 6 nitrogen and oxygen atoms in total. The number of carbonyl (C=O) groups excluding carboxylic acids is 1. The maximum absolute atomic E-state index is 12.0. The summed E-state index contributed by atoms with van der Waals surface area (Å²) >= 11 is 12.3. The summed E-state index contributed by atoms with van der Waals surface area (Å²) in [6.07, 6.45) is 1.30. The molecule has 0 saturated carbocycles. The number of ether oxygens (including phenoxy) is 1. The molecule has 31 heavy (non-hydrogen) atoms. The van der Waals surface area contributed by atoms with Crippen LogP contribution in [-0.2, 0) is 6.54 Å². The van der Waals surface area contributed by atoms with E-state index in [9.17, 15) is 9.90 Å². The minimum absolute atomic E-state index is 0.0941. The van der Waals surface area contributed by atoms with Gasteiger partial charge in [0.15, 0.2) is 0 Å². The summed E-state index contributed by atoms with van der Waals surface area (Å²) in [4.78, 5) is 14.3. The minimum atomic E-state index is -0.713. The normalized spacial score (nSPS) is 15.6. The van der Waals surface area contributed by atoms with Crippen molar-refractivity contribution in [3.8, 4) is 5.75 Å². The second-order valence-electron chi connectivity index (χ2n) is 7.70. The van der Waals surface area contributed by atoms with Crippen molar-refractivity contribution >= 4 is 29.1 Å². The number of hydrogen-bond donors (Lipinski definition) is 3. The van der Waals surface area contributed by atoms with Gasteiger partial charge in [0.05, 0.1) is 15.6 Å². The van der Waals surface area contributed by atoms with Crippen LogP contribution in [0.15, 0.2) is 42.5 Å². The van der Waals surface area contributed by atoms with Gasteiger partial charge < -0.3 is 20.5 Å². The lowest BCUT2D eigenvalue weighted by Crippen LogP contribution is -2.46. The Morgan fingerprint density at radius 2 is 1.97 bits per heavy atom. The zero-order valence-electron chi connectivity index (χ0n) is 17.6. The number of aliphatic hydroxyl groups is 1. The van der Waals surface area contributed by atoms with Crippen molar-refractivity contribution in [3.63, 3.8) is 0 Å². The monoisotopic (exact) mass is 465 g/mol. The van der Waals surface area contributed by atoms with E-state index in [0.717, 1.165) is 31.5 Å². The number of benzene rings is 2. The van der Waals surface area contributed by atoms with Crippen molar-refractivity contribution in [1.82, 2.24) is 15.5 Å². The van der Waals surface area contributed by atoms with Crippen LogP contribution in [0, 0.1) is 0 Å². The fourth-order valence-corrected chi connectivity index (χ4v) is 4.13. The van der Waals surface area contributed by atoms with E-state index in [1.54, 1.807) is 37.4 Å². The van der Waals surface area contributed by atoms with Gasteiger partial charge in [0.1, 0.15) is 18.5 Å². The molecule has 1 atom stereocenters. The summed E-state index contributed by atoms with van der Waals surface area (Å²) in [6, 6.07) is 13.0. The molecule has 1 unspecified atom stereocenters. The lowest BCUT2D eigenvalue weighted by Gasteiger charge is -2.36. The van der Waals surface area contributed by atoms with Crippen LogP contribution in [0.25, 0.3) is 0 Å². The smallest absolute Gasteiger partial charge is 0.254 e. The number of amides is 1. The van der Waals surface area contributed by atoms with Gasteiger partial charge in [0, 0.05) is 26.2 Å². The number of nitrogens with zero attached hydrogens (tertiary/aromatic N) is 1. The lowest BCUT2D eigenvalue weighted by atomic mass is 10.0. The second kappa shape index (κ2) is 11.7. The maximum Gasteiger partial charge on any atom is 0.254 e. The summed E-state index contributed by atoms with van der Waals surface area (Å²) in [7, 11) is 1.58. The molecule has 1 fully saturated rings. The van der Waals surface area contributed by atoms with Gasteiger partial charge in [-0.3, -0.25) is 9.69 Å². The van der Waals surface area contributed by atoms with Crippen molar-refractivity contribution in [2.45, 2.75) is 31.5 Å². The number of halogens is 2. The topological polar surface area (TPSA) is 73.8 Å². The van der Waals surface area contributed by atoms with E-state index in [0.29, 0.717) is 40.5 Å². The van der Waals surface area contributed by atoms with Crippen LogP contribution in [0.3, 0.4) is 0 Å². The third-order valence-electron chi connectivity index (χ3n) is 5.43. The molecule has 2 aromatic rings. The first-order chi connectivity index (χ1) is 15.0. The summed E-state index contributed by atoms with van der Waals surface area (Å²) < 4.78 is 5.81. The fourth-order valence-electron chi connectivity index (χ4n) is 3.81. The Labute approximate surface area is 193 Å². The quantitative estimate of drug-likeness (QED) is 0.529. The molecule has 8 heteroatoms. The molecule has 0 radical (unpaired) electrons. The largest absolute Gasteiger partial charge is 0.490 e. The van der Waals surface area contributed by atoms with Gasteiger partial charge in [-0.2, -0.15) is 0 Å². The first kappa shape index (κ1) is 23.8. The Morgan fingerprint density at radius 3 is 2.68 bits per heavy atom. The van der Waals surface area contributed by atoms with E-state index in [1.165, 1.54) is 0 Å². The zero-order chi connectivity index (χ0) is 22.2. The van der Waals surface area contributed by atoms with Crippen molar-refractivity contribution in [2.24, 2.45) is 0 Å². The molecule has 0 aliphatic carbocycles. The molecule has 1 aliphatic heterocycles. The van der Waals surface area contributed by atoms with Crippen LogP contribution in [0.4, 0.5) is 0 Å². The van der Waals surface area contributed by atoms with Crippen LogP contribution in [0.2, 0.25) is 10.0 Å². The molecule has 1 saturated heterocycles. The highest BCUT2D eigenvalue weighted by atomic mass is 35.5. The summed E-state index contributed by atoms with van der Waals surface area (Å²) in [6.45, 7) is 3.11. The number of rotatable bonds is 9. The van der Waals surface area contributed by atoms with Gasteiger partial charge in [0.25, 0.3) is 5.91 Å². The summed E-state index contributed by atoms with van der Waals surface area (Å²) in [5.74, 6) is 0.236. The van der Waals surface area contributed by atoms with E-state index in [-0.39, 0.29) is 12.5 Å². The highest BCUT2D eigenvalue weighted by molar-refractivity contribution is 6.42.